The molecule has 0 saturated carbocycles. The molecule has 0 aliphatic heterocycles. The van der Waals surface area contributed by atoms with Crippen molar-refractivity contribution in [2.24, 2.45) is 0 Å². The Morgan fingerprint density at radius 3 is 2.75 bits per heavy atom. The molecule has 0 spiro atoms. The first kappa shape index (κ1) is 10.4. The minimum absolute atomic E-state index is 0.965. The van der Waals surface area contributed by atoms with Gasteiger partial charge in [0.2, 0.25) is 0 Å². The van der Waals surface area contributed by atoms with Gasteiger partial charge in [-0.2, -0.15) is 0 Å². The summed E-state index contributed by atoms with van der Waals surface area (Å²) in [5.41, 5.74) is 2.13. The number of aromatic nitrogens is 2. The van der Waals surface area contributed by atoms with E-state index >= 15 is 0 Å². The highest BCUT2D eigenvalue weighted by molar-refractivity contribution is 7.26. The molecule has 0 atom stereocenters. The van der Waals surface area contributed by atoms with Crippen molar-refractivity contribution in [2.75, 3.05) is 0 Å². The third-order valence-electron chi connectivity index (χ3n) is 3.88. The fraction of sp³-hybridized carbons (Fsp3) is 0. The van der Waals surface area contributed by atoms with Crippen LogP contribution in [0.1, 0.15) is 0 Å². The fourth-order valence-corrected chi connectivity index (χ4v) is 4.26. The number of fused-ring (bicyclic) bond motifs is 7. The largest absolute Gasteiger partial charge is 0.339 e. The van der Waals surface area contributed by atoms with E-state index in [-0.39, 0.29) is 0 Å². The van der Waals surface area contributed by atoms with Crippen LogP contribution in [-0.4, -0.2) is 9.97 Å². The first-order valence-corrected chi connectivity index (χ1v) is 7.40. The van der Waals surface area contributed by atoms with Gasteiger partial charge in [0.25, 0.3) is 0 Å². The van der Waals surface area contributed by atoms with Crippen molar-refractivity contribution in [3.8, 4) is 0 Å². The van der Waals surface area contributed by atoms with E-state index in [1.54, 1.807) is 0 Å². The second-order valence-corrected chi connectivity index (χ2v) is 6.04. The van der Waals surface area contributed by atoms with E-state index in [9.17, 15) is 0 Å². The van der Waals surface area contributed by atoms with Crippen LogP contribution in [0.3, 0.4) is 0 Å². The summed E-state index contributed by atoms with van der Waals surface area (Å²) in [6.45, 7) is 0. The lowest BCUT2D eigenvalue weighted by Crippen LogP contribution is -1.71. The van der Waals surface area contributed by atoms with E-state index in [2.05, 4.69) is 52.4 Å². The predicted molar refractivity (Wildman–Crippen MR) is 86.5 cm³/mol. The summed E-state index contributed by atoms with van der Waals surface area (Å²) < 4.78 is 2.69. The molecule has 0 amide bonds. The van der Waals surface area contributed by atoms with Crippen molar-refractivity contribution in [1.29, 1.82) is 0 Å². The Morgan fingerprint density at radius 1 is 0.850 bits per heavy atom. The SMILES string of the molecule is c1ccc2c(c1)sc1c2ccc2[nH]c3ncccc3c21. The average Bonchev–Trinajstić information content (AvgIpc) is 3.04. The Balaban J connectivity index is 2.14. The smallest absolute Gasteiger partial charge is 0.138 e. The summed E-state index contributed by atoms with van der Waals surface area (Å²) in [7, 11) is 0. The summed E-state index contributed by atoms with van der Waals surface area (Å²) in [5, 5.41) is 5.18. The highest BCUT2D eigenvalue weighted by atomic mass is 32.1. The van der Waals surface area contributed by atoms with Crippen LogP contribution in [0, 0.1) is 0 Å². The van der Waals surface area contributed by atoms with Crippen molar-refractivity contribution in [3.05, 3.63) is 54.7 Å². The van der Waals surface area contributed by atoms with Gasteiger partial charge in [-0.1, -0.05) is 24.3 Å². The Bertz CT molecular complexity index is 1100. The van der Waals surface area contributed by atoms with E-state index in [4.69, 9.17) is 0 Å². The van der Waals surface area contributed by atoms with Crippen molar-refractivity contribution in [1.82, 2.24) is 9.97 Å². The Hall–Kier alpha value is -2.39. The van der Waals surface area contributed by atoms with Crippen LogP contribution >= 0.6 is 11.3 Å². The zero-order valence-corrected chi connectivity index (χ0v) is 11.4. The first-order valence-electron chi connectivity index (χ1n) is 6.58. The van der Waals surface area contributed by atoms with Crippen LogP contribution < -0.4 is 0 Å². The molecule has 94 valence electrons. The minimum atomic E-state index is 0.965. The number of nitrogens with one attached hydrogen (secondary N) is 1. The van der Waals surface area contributed by atoms with Crippen LogP contribution in [0.25, 0.3) is 42.1 Å². The molecular weight excluding hydrogens is 264 g/mol. The van der Waals surface area contributed by atoms with Gasteiger partial charge < -0.3 is 4.98 Å². The highest BCUT2D eigenvalue weighted by Crippen LogP contribution is 2.40. The maximum Gasteiger partial charge on any atom is 0.138 e. The first-order chi connectivity index (χ1) is 9.92. The van der Waals surface area contributed by atoms with E-state index in [0.717, 1.165) is 11.2 Å². The van der Waals surface area contributed by atoms with Crippen LogP contribution in [0.15, 0.2) is 54.7 Å². The molecule has 3 aromatic heterocycles. The summed E-state index contributed by atoms with van der Waals surface area (Å²) in [6, 6.07) is 17.1. The Morgan fingerprint density at radius 2 is 1.75 bits per heavy atom. The lowest BCUT2D eigenvalue weighted by Gasteiger charge is -1.94. The number of hydrogen-bond acceptors (Lipinski definition) is 2. The quantitative estimate of drug-likeness (QED) is 0.419. The zero-order valence-electron chi connectivity index (χ0n) is 10.6. The number of hydrogen-bond donors (Lipinski definition) is 1. The maximum absolute atomic E-state index is 4.43. The molecule has 2 aromatic carbocycles. The summed E-state index contributed by atoms with van der Waals surface area (Å²) in [5.74, 6) is 0. The lowest BCUT2D eigenvalue weighted by atomic mass is 10.1. The van der Waals surface area contributed by atoms with E-state index < -0.39 is 0 Å². The van der Waals surface area contributed by atoms with Gasteiger partial charge in [-0.25, -0.2) is 4.98 Å². The van der Waals surface area contributed by atoms with Gasteiger partial charge in [0.15, 0.2) is 0 Å². The van der Waals surface area contributed by atoms with Gasteiger partial charge in [-0.15, -0.1) is 11.3 Å². The summed E-state index contributed by atoms with van der Waals surface area (Å²) in [6.07, 6.45) is 1.83. The molecule has 1 N–H and O–H groups in total. The van der Waals surface area contributed by atoms with Crippen molar-refractivity contribution in [2.45, 2.75) is 0 Å². The van der Waals surface area contributed by atoms with E-state index in [0.29, 0.717) is 0 Å². The fourth-order valence-electron chi connectivity index (χ4n) is 2.99. The second-order valence-electron chi connectivity index (χ2n) is 4.99. The average molecular weight is 274 g/mol. The number of aromatic amines is 1. The van der Waals surface area contributed by atoms with Gasteiger partial charge in [0.1, 0.15) is 5.65 Å². The Labute approximate surface area is 118 Å². The van der Waals surface area contributed by atoms with Gasteiger partial charge >= 0.3 is 0 Å². The van der Waals surface area contributed by atoms with Crippen LogP contribution in [-0.2, 0) is 0 Å². The normalized spacial score (nSPS) is 12.0. The molecule has 0 unspecified atom stereocenters. The molecule has 0 aliphatic carbocycles. The van der Waals surface area contributed by atoms with Crippen LogP contribution in [0.4, 0.5) is 0 Å². The molecular formula is C17H10N2S. The predicted octanol–water partition coefficient (Wildman–Crippen LogP) is 5.08. The van der Waals surface area contributed by atoms with Gasteiger partial charge in [0, 0.05) is 42.7 Å². The van der Waals surface area contributed by atoms with E-state index in [1.807, 2.05) is 23.6 Å². The van der Waals surface area contributed by atoms with E-state index in [1.165, 1.54) is 30.9 Å². The number of rotatable bonds is 0. The number of H-pyrrole nitrogens is 1. The summed E-state index contributed by atoms with van der Waals surface area (Å²) >= 11 is 1.86. The topological polar surface area (TPSA) is 28.7 Å². The molecule has 3 heterocycles. The maximum atomic E-state index is 4.43. The standard InChI is InChI=1S/C17H10N2S/c1-2-6-14-10(4-1)11-7-8-13-15(16(11)20-14)12-5-3-9-18-17(12)19-13/h1-9H,(H,18,19). The van der Waals surface area contributed by atoms with Gasteiger partial charge in [0.05, 0.1) is 0 Å². The molecule has 0 saturated heterocycles. The number of pyridine rings is 1. The van der Waals surface area contributed by atoms with Crippen molar-refractivity contribution >= 4 is 53.4 Å². The molecule has 3 heteroatoms. The molecule has 5 rings (SSSR count). The molecule has 5 aromatic rings. The van der Waals surface area contributed by atoms with Gasteiger partial charge in [-0.3, -0.25) is 0 Å². The molecule has 0 fully saturated rings. The lowest BCUT2D eigenvalue weighted by molar-refractivity contribution is 1.35. The minimum Gasteiger partial charge on any atom is -0.339 e. The molecule has 0 aliphatic rings. The number of thiophene rings is 1. The van der Waals surface area contributed by atoms with Gasteiger partial charge in [-0.05, 0) is 24.3 Å². The monoisotopic (exact) mass is 274 g/mol. The Kier molecular flexibility index (Phi) is 1.86. The molecule has 0 bridgehead atoms. The molecule has 0 radical (unpaired) electrons. The van der Waals surface area contributed by atoms with Crippen molar-refractivity contribution in [3.63, 3.8) is 0 Å². The third-order valence-corrected chi connectivity index (χ3v) is 5.08. The number of nitrogens with zero attached hydrogens (tertiary/aromatic N) is 1. The molecule has 20 heavy (non-hydrogen) atoms. The molecule has 2 nitrogen and oxygen atoms in total. The summed E-state index contributed by atoms with van der Waals surface area (Å²) in [4.78, 5) is 7.84. The number of benzene rings is 2. The highest BCUT2D eigenvalue weighted by Gasteiger charge is 2.12. The van der Waals surface area contributed by atoms with Crippen LogP contribution in [0.5, 0.6) is 0 Å². The van der Waals surface area contributed by atoms with Crippen LogP contribution in [0.2, 0.25) is 0 Å². The second kappa shape index (κ2) is 3.58. The third kappa shape index (κ3) is 1.20. The zero-order chi connectivity index (χ0) is 13.1. The van der Waals surface area contributed by atoms with Crippen molar-refractivity contribution < 1.29 is 0 Å².